The van der Waals surface area contributed by atoms with Crippen molar-refractivity contribution in [3.05, 3.63) is 36.2 Å². The van der Waals surface area contributed by atoms with Gasteiger partial charge in [0.2, 0.25) is 11.8 Å². The first-order valence-corrected chi connectivity index (χ1v) is 10.0. The van der Waals surface area contributed by atoms with Crippen LogP contribution in [-0.2, 0) is 0 Å². The molecule has 0 amide bonds. The Kier molecular flexibility index (Phi) is 4.43. The van der Waals surface area contributed by atoms with Gasteiger partial charge in [-0.25, -0.2) is 0 Å². The van der Waals surface area contributed by atoms with Gasteiger partial charge < -0.3 is 19.7 Å². The van der Waals surface area contributed by atoms with Crippen LogP contribution in [0.5, 0.6) is 5.75 Å². The second-order valence-corrected chi connectivity index (χ2v) is 8.01. The summed E-state index contributed by atoms with van der Waals surface area (Å²) in [5.41, 5.74) is 1.90. The maximum atomic E-state index is 10.5. The molecule has 29 heavy (non-hydrogen) atoms. The molecule has 2 N–H and O–H groups in total. The minimum Gasteiger partial charge on any atom is -0.507 e. The minimum absolute atomic E-state index is 0.101. The number of hydrogen-bond acceptors (Lipinski definition) is 8. The van der Waals surface area contributed by atoms with Gasteiger partial charge in [0.1, 0.15) is 5.75 Å². The number of phenols is 1. The predicted octanol–water partition coefficient (Wildman–Crippen LogP) is 2.93. The van der Waals surface area contributed by atoms with E-state index < -0.39 is 0 Å². The summed E-state index contributed by atoms with van der Waals surface area (Å²) in [5, 5.41) is 30.8. The Hall–Kier alpha value is -3.00. The highest BCUT2D eigenvalue weighted by atomic mass is 16.4. The Morgan fingerprint density at radius 1 is 1.03 bits per heavy atom. The van der Waals surface area contributed by atoms with Crippen molar-refractivity contribution >= 4 is 5.82 Å². The number of fused-ring (bicyclic) bond motifs is 2. The number of hydrogen-bond donors (Lipinski definition) is 2. The summed E-state index contributed by atoms with van der Waals surface area (Å²) < 4.78 is 5.42. The molecule has 8 nitrogen and oxygen atoms in total. The summed E-state index contributed by atoms with van der Waals surface area (Å²) in [6, 6.07) is 10.9. The van der Waals surface area contributed by atoms with Gasteiger partial charge in [0.15, 0.2) is 5.82 Å². The smallest absolute Gasteiger partial charge is 0.247 e. The topological polar surface area (TPSA) is 100 Å². The molecule has 2 bridgehead atoms. The molecule has 0 aliphatic carbocycles. The van der Waals surface area contributed by atoms with Gasteiger partial charge in [-0.15, -0.1) is 20.4 Å². The zero-order valence-electron chi connectivity index (χ0n) is 16.5. The van der Waals surface area contributed by atoms with Gasteiger partial charge in [-0.2, -0.15) is 0 Å². The van der Waals surface area contributed by atoms with Crippen LogP contribution >= 0.6 is 0 Å². The summed E-state index contributed by atoms with van der Waals surface area (Å²) in [4.78, 5) is 2.24. The Labute approximate surface area is 169 Å². The van der Waals surface area contributed by atoms with Crippen molar-refractivity contribution in [1.82, 2.24) is 25.7 Å². The van der Waals surface area contributed by atoms with Crippen molar-refractivity contribution < 1.29 is 9.52 Å². The number of phenolic OH excluding ortho intramolecular Hbond substituents is 1. The van der Waals surface area contributed by atoms with E-state index in [2.05, 4.69) is 37.7 Å². The lowest BCUT2D eigenvalue weighted by atomic mass is 9.98. The van der Waals surface area contributed by atoms with Crippen molar-refractivity contribution in [3.8, 4) is 28.5 Å². The number of nitrogens with one attached hydrogen (secondary N) is 1. The summed E-state index contributed by atoms with van der Waals surface area (Å²) in [6.45, 7) is 1.73. The fraction of sp³-hybridized carbons (Fsp3) is 0.429. The number of aromatic nitrogens is 4. The molecule has 1 unspecified atom stereocenters. The van der Waals surface area contributed by atoms with Crippen LogP contribution in [0.4, 0.5) is 5.82 Å². The molecule has 2 fully saturated rings. The second kappa shape index (κ2) is 7.11. The van der Waals surface area contributed by atoms with Gasteiger partial charge in [0.25, 0.3) is 0 Å². The van der Waals surface area contributed by atoms with E-state index in [1.165, 1.54) is 12.8 Å². The van der Waals surface area contributed by atoms with E-state index in [9.17, 15) is 5.11 Å². The Bertz CT molecular complexity index is 1010. The maximum absolute atomic E-state index is 10.5. The lowest BCUT2D eigenvalue weighted by Gasteiger charge is -2.36. The van der Waals surface area contributed by atoms with Gasteiger partial charge in [-0.05, 0) is 56.0 Å². The summed E-state index contributed by atoms with van der Waals surface area (Å²) in [7, 11) is 2.10. The third kappa shape index (κ3) is 3.44. The average Bonchev–Trinajstić information content (AvgIpc) is 3.32. The molecule has 2 aliphatic rings. The van der Waals surface area contributed by atoms with Gasteiger partial charge in [0.05, 0.1) is 5.69 Å². The van der Waals surface area contributed by atoms with Crippen molar-refractivity contribution in [2.24, 2.45) is 0 Å². The van der Waals surface area contributed by atoms with E-state index in [0.717, 1.165) is 18.7 Å². The molecule has 150 valence electrons. The van der Waals surface area contributed by atoms with Gasteiger partial charge in [-0.3, -0.25) is 0 Å². The zero-order chi connectivity index (χ0) is 20.0. The molecule has 3 aromatic rings. The molecule has 8 heteroatoms. The number of aryl methyl sites for hydroxylation is 1. The predicted molar refractivity (Wildman–Crippen MR) is 109 cm³/mol. The van der Waals surface area contributed by atoms with Crippen molar-refractivity contribution in [1.29, 1.82) is 0 Å². The van der Waals surface area contributed by atoms with E-state index >= 15 is 0 Å². The van der Waals surface area contributed by atoms with Crippen LogP contribution in [0.2, 0.25) is 0 Å². The molecule has 3 atom stereocenters. The number of rotatable bonds is 4. The number of nitrogens with zero attached hydrogens (tertiary/aromatic N) is 5. The summed E-state index contributed by atoms with van der Waals surface area (Å²) in [6.07, 6.45) is 4.84. The standard InChI is InChI=1S/C21H24N6O2/c1-12-23-26-21(29-12)13-3-6-17(19(28)9-13)18-7-8-20(25-24-18)27(2)16-10-14-4-5-15(11-16)22-14/h3,6-9,14-16,22,28H,4-5,10-11H2,1-2H3/t14-,15+,16?. The second-order valence-electron chi connectivity index (χ2n) is 8.01. The molecule has 0 saturated carbocycles. The molecule has 5 rings (SSSR count). The molecule has 0 spiro atoms. The van der Waals surface area contributed by atoms with Crippen LogP contribution in [0.1, 0.15) is 31.6 Å². The molecular weight excluding hydrogens is 368 g/mol. The van der Waals surface area contributed by atoms with Crippen LogP contribution in [0.25, 0.3) is 22.7 Å². The SMILES string of the molecule is Cc1nnc(-c2ccc(-c3ccc(N(C)C4C[C@H]5CC[C@@H](C4)N5)nn3)c(O)c2)o1. The van der Waals surface area contributed by atoms with Crippen LogP contribution < -0.4 is 10.2 Å². The Morgan fingerprint density at radius 3 is 2.45 bits per heavy atom. The molecule has 2 aliphatic heterocycles. The third-order valence-corrected chi connectivity index (χ3v) is 6.05. The normalized spacial score (nSPS) is 23.3. The fourth-order valence-corrected chi connectivity index (χ4v) is 4.48. The molecule has 2 aromatic heterocycles. The van der Waals surface area contributed by atoms with E-state index in [0.29, 0.717) is 46.7 Å². The fourth-order valence-electron chi connectivity index (χ4n) is 4.48. The summed E-state index contributed by atoms with van der Waals surface area (Å²) >= 11 is 0. The van der Waals surface area contributed by atoms with E-state index in [4.69, 9.17) is 4.42 Å². The van der Waals surface area contributed by atoms with Gasteiger partial charge in [-0.1, -0.05) is 0 Å². The van der Waals surface area contributed by atoms with E-state index in [1.807, 2.05) is 18.2 Å². The monoisotopic (exact) mass is 392 g/mol. The largest absolute Gasteiger partial charge is 0.507 e. The molecule has 0 radical (unpaired) electrons. The highest BCUT2D eigenvalue weighted by Gasteiger charge is 2.35. The van der Waals surface area contributed by atoms with Crippen LogP contribution in [0, 0.1) is 6.92 Å². The lowest BCUT2D eigenvalue weighted by Crippen LogP contribution is -2.47. The van der Waals surface area contributed by atoms with Crippen molar-refractivity contribution in [3.63, 3.8) is 0 Å². The Balaban J connectivity index is 1.34. The first-order valence-electron chi connectivity index (χ1n) is 10.0. The van der Waals surface area contributed by atoms with Crippen LogP contribution in [0.15, 0.2) is 34.7 Å². The Morgan fingerprint density at radius 2 is 1.83 bits per heavy atom. The summed E-state index contributed by atoms with van der Waals surface area (Å²) in [5.74, 6) is 1.82. The number of piperidine rings is 1. The number of aromatic hydroxyl groups is 1. The highest BCUT2D eigenvalue weighted by molar-refractivity contribution is 5.71. The van der Waals surface area contributed by atoms with Crippen LogP contribution in [-0.4, -0.2) is 50.7 Å². The maximum Gasteiger partial charge on any atom is 0.247 e. The molecule has 2 saturated heterocycles. The van der Waals surface area contributed by atoms with Gasteiger partial charge >= 0.3 is 0 Å². The number of benzene rings is 1. The first-order chi connectivity index (χ1) is 14.1. The first kappa shape index (κ1) is 18.1. The lowest BCUT2D eigenvalue weighted by molar-refractivity contribution is 0.353. The molecular formula is C21H24N6O2. The highest BCUT2D eigenvalue weighted by Crippen LogP contribution is 2.33. The zero-order valence-corrected chi connectivity index (χ0v) is 16.5. The third-order valence-electron chi connectivity index (χ3n) is 6.05. The van der Waals surface area contributed by atoms with Crippen molar-refractivity contribution in [2.45, 2.75) is 50.7 Å². The van der Waals surface area contributed by atoms with E-state index in [1.54, 1.807) is 19.1 Å². The quantitative estimate of drug-likeness (QED) is 0.699. The average molecular weight is 392 g/mol. The number of anilines is 1. The van der Waals surface area contributed by atoms with Crippen molar-refractivity contribution in [2.75, 3.05) is 11.9 Å². The minimum atomic E-state index is 0.101. The molecule has 4 heterocycles. The van der Waals surface area contributed by atoms with Crippen LogP contribution in [0.3, 0.4) is 0 Å². The van der Waals surface area contributed by atoms with Gasteiger partial charge in [0, 0.05) is 43.2 Å². The van der Waals surface area contributed by atoms with E-state index in [-0.39, 0.29) is 5.75 Å². The molecule has 1 aromatic carbocycles.